The van der Waals surface area contributed by atoms with Gasteiger partial charge >= 0.3 is 0 Å². The molecule has 3 N–H and O–H groups in total. The molecule has 11 heteroatoms. The smallest absolute Gasteiger partial charge is 0.244 e. The van der Waals surface area contributed by atoms with Gasteiger partial charge in [-0.25, -0.2) is 0 Å². The van der Waals surface area contributed by atoms with E-state index in [1.54, 1.807) is 41.2 Å². The number of carbonyl (C=O) groups excluding carboxylic acids is 3. The monoisotopic (exact) mass is 534 g/mol. The Balaban J connectivity index is 0.00000228. The Morgan fingerprint density at radius 1 is 1.00 bits per heavy atom. The van der Waals surface area contributed by atoms with Gasteiger partial charge < -0.3 is 25.4 Å². The Hall–Kier alpha value is -3.14. The van der Waals surface area contributed by atoms with E-state index < -0.39 is 18.0 Å². The van der Waals surface area contributed by atoms with Crippen molar-refractivity contribution in [1.29, 1.82) is 0 Å². The van der Waals surface area contributed by atoms with Gasteiger partial charge in [0.15, 0.2) is 0 Å². The van der Waals surface area contributed by atoms with Crippen molar-refractivity contribution in [3.63, 3.8) is 0 Å². The lowest BCUT2D eigenvalue weighted by atomic mass is 10.1. The third-order valence-electron chi connectivity index (χ3n) is 6.26. The molecule has 3 amide bonds. The number of pyridine rings is 1. The lowest BCUT2D eigenvalue weighted by Gasteiger charge is -2.36. The number of fused-ring (bicyclic) bond motifs is 1. The number of carbonyl (C=O) groups is 3. The Kier molecular flexibility index (Phi) is 10.7. The predicted octanol–water partition coefficient (Wildman–Crippen LogP) is 2.15. The second-order valence-electron chi connectivity index (χ2n) is 8.52. The maximum absolute atomic E-state index is 12.8. The largest absolute Gasteiger partial charge is 0.346 e. The maximum Gasteiger partial charge on any atom is 0.244 e. The fourth-order valence-electron chi connectivity index (χ4n) is 4.22. The van der Waals surface area contributed by atoms with E-state index >= 15 is 0 Å². The van der Waals surface area contributed by atoms with E-state index in [-0.39, 0.29) is 36.6 Å². The van der Waals surface area contributed by atoms with E-state index in [4.69, 9.17) is 5.73 Å². The van der Waals surface area contributed by atoms with E-state index in [9.17, 15) is 14.4 Å². The maximum atomic E-state index is 12.8. The molecule has 4 rings (SSSR count). The normalized spacial score (nSPS) is 14.8. The van der Waals surface area contributed by atoms with Gasteiger partial charge in [0, 0.05) is 56.9 Å². The first kappa shape index (κ1) is 29.1. The summed E-state index contributed by atoms with van der Waals surface area (Å²) in [5.74, 6) is -0.506. The zero-order valence-corrected chi connectivity index (χ0v) is 21.7. The van der Waals surface area contributed by atoms with Crippen molar-refractivity contribution < 1.29 is 14.4 Å². The van der Waals surface area contributed by atoms with Gasteiger partial charge in [0.05, 0.1) is 11.7 Å². The summed E-state index contributed by atoms with van der Waals surface area (Å²) in [6, 6.07) is 11.5. The van der Waals surface area contributed by atoms with Crippen LogP contribution in [0.25, 0.3) is 10.9 Å². The first-order valence-corrected chi connectivity index (χ1v) is 11.5. The molecule has 0 aliphatic carbocycles. The van der Waals surface area contributed by atoms with Crippen LogP contribution in [-0.2, 0) is 20.9 Å². The molecule has 1 saturated heterocycles. The van der Waals surface area contributed by atoms with Crippen LogP contribution < -0.4 is 11.1 Å². The quantitative estimate of drug-likeness (QED) is 0.482. The molecule has 0 saturated carbocycles. The van der Waals surface area contributed by atoms with Crippen molar-refractivity contribution in [1.82, 2.24) is 24.7 Å². The molecular weight excluding hydrogens is 503 g/mol. The molecule has 1 fully saturated rings. The number of piperazine rings is 1. The van der Waals surface area contributed by atoms with Gasteiger partial charge in [-0.15, -0.1) is 24.8 Å². The number of hydrogen-bond donors (Lipinski definition) is 2. The molecule has 2 aromatic heterocycles. The average molecular weight is 535 g/mol. The molecule has 3 heterocycles. The van der Waals surface area contributed by atoms with Crippen LogP contribution in [0.5, 0.6) is 0 Å². The first-order chi connectivity index (χ1) is 16.4. The lowest BCUT2D eigenvalue weighted by Crippen LogP contribution is -2.55. The lowest BCUT2D eigenvalue weighted by molar-refractivity contribution is -0.141. The van der Waals surface area contributed by atoms with E-state index in [0.29, 0.717) is 44.7 Å². The van der Waals surface area contributed by atoms with E-state index in [0.717, 1.165) is 10.9 Å². The molecule has 36 heavy (non-hydrogen) atoms. The number of benzene rings is 1. The molecule has 1 aliphatic rings. The molecule has 9 nitrogen and oxygen atoms in total. The fourth-order valence-corrected chi connectivity index (χ4v) is 4.22. The van der Waals surface area contributed by atoms with Crippen LogP contribution in [0.15, 0.2) is 61.1 Å². The second kappa shape index (κ2) is 13.2. The minimum Gasteiger partial charge on any atom is -0.346 e. The zero-order chi connectivity index (χ0) is 24.1. The van der Waals surface area contributed by atoms with Crippen molar-refractivity contribution in [2.24, 2.45) is 5.73 Å². The summed E-state index contributed by atoms with van der Waals surface area (Å²) in [5.41, 5.74) is 7.72. The number of amides is 3. The molecule has 0 spiro atoms. The number of rotatable bonds is 7. The summed E-state index contributed by atoms with van der Waals surface area (Å²) >= 11 is 0. The first-order valence-electron chi connectivity index (χ1n) is 11.5. The predicted molar refractivity (Wildman–Crippen MR) is 143 cm³/mol. The highest BCUT2D eigenvalue weighted by atomic mass is 35.5. The second-order valence-corrected chi connectivity index (χ2v) is 8.52. The highest BCUT2D eigenvalue weighted by Gasteiger charge is 2.28. The number of aromatic nitrogens is 2. The SMILES string of the molecule is CC(NC(=O)C(N)c1ccccc1)C(=O)N1CCN(C(=O)CCn2ccc3ccncc32)CC1.Cl.Cl. The summed E-state index contributed by atoms with van der Waals surface area (Å²) < 4.78 is 2.03. The number of aryl methyl sites for hydroxylation is 1. The van der Waals surface area contributed by atoms with Gasteiger partial charge in [0.1, 0.15) is 12.1 Å². The molecule has 1 aromatic carbocycles. The van der Waals surface area contributed by atoms with Crippen LogP contribution in [-0.4, -0.2) is 69.3 Å². The van der Waals surface area contributed by atoms with Crippen molar-refractivity contribution in [3.05, 3.63) is 66.6 Å². The van der Waals surface area contributed by atoms with Crippen molar-refractivity contribution in [2.45, 2.75) is 32.0 Å². The van der Waals surface area contributed by atoms with Crippen molar-refractivity contribution in [3.8, 4) is 0 Å². The zero-order valence-electron chi connectivity index (χ0n) is 20.1. The Morgan fingerprint density at radius 2 is 1.67 bits per heavy atom. The van der Waals surface area contributed by atoms with Gasteiger partial charge in [0.2, 0.25) is 17.7 Å². The number of nitrogens with zero attached hydrogens (tertiary/aromatic N) is 4. The van der Waals surface area contributed by atoms with Crippen LogP contribution in [0.1, 0.15) is 24.9 Å². The van der Waals surface area contributed by atoms with Gasteiger partial charge in [-0.2, -0.15) is 0 Å². The summed E-state index contributed by atoms with van der Waals surface area (Å²) in [6.07, 6.45) is 5.91. The molecule has 2 unspecified atom stereocenters. The van der Waals surface area contributed by atoms with Crippen molar-refractivity contribution >= 4 is 53.4 Å². The highest BCUT2D eigenvalue weighted by Crippen LogP contribution is 2.15. The van der Waals surface area contributed by atoms with Gasteiger partial charge in [-0.05, 0) is 24.6 Å². The molecule has 3 aromatic rings. The molecule has 2 atom stereocenters. The van der Waals surface area contributed by atoms with Crippen molar-refractivity contribution in [2.75, 3.05) is 26.2 Å². The number of halogens is 2. The third kappa shape index (κ3) is 6.75. The van der Waals surface area contributed by atoms with E-state index in [2.05, 4.69) is 10.3 Å². The van der Waals surface area contributed by atoms with E-state index in [1.165, 1.54) is 0 Å². The minimum absolute atomic E-state index is 0. The number of nitrogens with one attached hydrogen (secondary N) is 1. The average Bonchev–Trinajstić information content (AvgIpc) is 3.30. The molecule has 1 aliphatic heterocycles. The van der Waals surface area contributed by atoms with Gasteiger partial charge in [-0.3, -0.25) is 19.4 Å². The van der Waals surface area contributed by atoms with Crippen LogP contribution >= 0.6 is 24.8 Å². The molecule has 0 bridgehead atoms. The Labute approximate surface area is 222 Å². The fraction of sp³-hybridized carbons (Fsp3) is 0.360. The van der Waals surface area contributed by atoms with Crippen LogP contribution in [0.2, 0.25) is 0 Å². The minimum atomic E-state index is -0.834. The van der Waals surface area contributed by atoms with Gasteiger partial charge in [-0.1, -0.05) is 30.3 Å². The van der Waals surface area contributed by atoms with Crippen LogP contribution in [0, 0.1) is 0 Å². The summed E-state index contributed by atoms with van der Waals surface area (Å²) in [6.45, 7) is 4.06. The summed E-state index contributed by atoms with van der Waals surface area (Å²) in [7, 11) is 0. The van der Waals surface area contributed by atoms with E-state index in [1.807, 2.05) is 41.1 Å². The third-order valence-corrected chi connectivity index (χ3v) is 6.26. The van der Waals surface area contributed by atoms with Crippen LogP contribution in [0.4, 0.5) is 0 Å². The molecule has 0 radical (unpaired) electrons. The summed E-state index contributed by atoms with van der Waals surface area (Å²) in [5, 5.41) is 3.81. The molecule has 194 valence electrons. The molecular formula is C25H32Cl2N6O3. The van der Waals surface area contributed by atoms with Gasteiger partial charge in [0.25, 0.3) is 0 Å². The number of nitrogens with two attached hydrogens (primary N) is 1. The topological polar surface area (TPSA) is 114 Å². The standard InChI is InChI=1S/C25H30N6O3.2ClH/c1-18(28-24(33)23(26)20-5-3-2-4-6-20)25(34)31-15-13-30(14-16-31)22(32)9-12-29-11-8-19-7-10-27-17-21(19)29;;/h2-8,10-11,17-18,23H,9,12-16,26H2,1H3,(H,28,33);2*1H. The highest BCUT2D eigenvalue weighted by molar-refractivity contribution is 5.90. The number of hydrogen-bond acceptors (Lipinski definition) is 5. The summed E-state index contributed by atoms with van der Waals surface area (Å²) in [4.78, 5) is 45.7. The van der Waals surface area contributed by atoms with Crippen LogP contribution in [0.3, 0.4) is 0 Å². The Bertz CT molecular complexity index is 1160. The Morgan fingerprint density at radius 3 is 2.36 bits per heavy atom.